The summed E-state index contributed by atoms with van der Waals surface area (Å²) >= 11 is 0. The van der Waals surface area contributed by atoms with Gasteiger partial charge in [-0.15, -0.1) is 0 Å². The molecule has 2 heterocycles. The van der Waals surface area contributed by atoms with E-state index >= 15 is 0 Å². The van der Waals surface area contributed by atoms with Crippen LogP contribution in [0, 0.1) is 0 Å². The molecule has 0 radical (unpaired) electrons. The van der Waals surface area contributed by atoms with Crippen LogP contribution in [-0.4, -0.2) is 74.8 Å². The lowest BCUT2D eigenvalue weighted by Gasteiger charge is -2.45. The Bertz CT molecular complexity index is 880. The van der Waals surface area contributed by atoms with Gasteiger partial charge in [0.1, 0.15) is 0 Å². The van der Waals surface area contributed by atoms with Crippen molar-refractivity contribution in [2.24, 2.45) is 0 Å². The van der Waals surface area contributed by atoms with E-state index in [1.807, 2.05) is 17.9 Å². The van der Waals surface area contributed by atoms with Gasteiger partial charge < -0.3 is 29.3 Å². The quantitative estimate of drug-likeness (QED) is 0.723. The van der Waals surface area contributed by atoms with Crippen molar-refractivity contribution in [1.82, 2.24) is 15.1 Å². The van der Waals surface area contributed by atoms with Crippen molar-refractivity contribution in [2.45, 2.75) is 63.5 Å². The van der Waals surface area contributed by atoms with Gasteiger partial charge in [0.05, 0.1) is 26.9 Å². The fraction of sp³-hybridized carbons (Fsp3) is 0.680. The zero-order chi connectivity index (χ0) is 23.6. The molecule has 33 heavy (non-hydrogen) atoms. The highest BCUT2D eigenvalue weighted by Gasteiger charge is 2.47. The predicted molar refractivity (Wildman–Crippen MR) is 127 cm³/mol. The van der Waals surface area contributed by atoms with Gasteiger partial charge in [-0.25, -0.2) is 4.79 Å². The maximum absolute atomic E-state index is 12.0. The number of nitrogens with one attached hydrogen (secondary N) is 1. The Balaban J connectivity index is 0.00000324. The largest absolute Gasteiger partial charge is 0.493 e. The molecule has 2 amide bonds. The Labute approximate surface area is 198 Å². The third-order valence-electron chi connectivity index (χ3n) is 7.74. The van der Waals surface area contributed by atoms with Gasteiger partial charge >= 0.3 is 6.09 Å². The minimum atomic E-state index is -0.190. The lowest BCUT2D eigenvalue weighted by molar-refractivity contribution is -0.119. The first-order valence-electron chi connectivity index (χ1n) is 12.1. The van der Waals surface area contributed by atoms with Crippen LogP contribution in [0.4, 0.5) is 4.79 Å². The second-order valence-electron chi connectivity index (χ2n) is 9.49. The monoisotopic (exact) mass is 461 g/mol. The molecule has 1 spiro atoms. The van der Waals surface area contributed by atoms with Crippen LogP contribution in [0.2, 0.25) is 0 Å². The number of methoxy groups -OCH3 is 2. The molecule has 1 aliphatic carbocycles. The van der Waals surface area contributed by atoms with Crippen LogP contribution in [0.5, 0.6) is 11.5 Å². The maximum Gasteiger partial charge on any atom is 0.409 e. The van der Waals surface area contributed by atoms with Crippen molar-refractivity contribution in [3.8, 4) is 11.5 Å². The molecule has 1 aromatic carbocycles. The van der Waals surface area contributed by atoms with E-state index in [0.717, 1.165) is 69.6 Å². The highest BCUT2D eigenvalue weighted by atomic mass is 16.6. The Hall–Kier alpha value is -2.48. The van der Waals surface area contributed by atoms with Gasteiger partial charge in [0.2, 0.25) is 5.91 Å². The Kier molecular flexibility index (Phi) is 7.02. The number of rotatable bonds is 5. The molecule has 2 fully saturated rings. The summed E-state index contributed by atoms with van der Waals surface area (Å²) < 4.78 is 16.3. The number of likely N-dealkylation sites (tertiary alicyclic amines) is 2. The molecule has 0 aromatic heterocycles. The molecule has 184 valence electrons. The van der Waals surface area contributed by atoms with E-state index in [9.17, 15) is 9.59 Å². The Morgan fingerprint density at radius 2 is 1.73 bits per heavy atom. The number of piperidine rings is 2. The summed E-state index contributed by atoms with van der Waals surface area (Å²) in [6.45, 7) is 7.40. The second kappa shape index (κ2) is 9.79. The molecule has 1 atom stereocenters. The number of benzene rings is 1. The zero-order valence-corrected chi connectivity index (χ0v) is 20.3. The highest BCUT2D eigenvalue weighted by Crippen LogP contribution is 2.53. The average Bonchev–Trinajstić information content (AvgIpc) is 3.10. The number of hydrogen-bond donors (Lipinski definition) is 1. The topological polar surface area (TPSA) is 80.3 Å². The van der Waals surface area contributed by atoms with Crippen molar-refractivity contribution in [1.29, 1.82) is 0 Å². The minimum absolute atomic E-state index is 0. The summed E-state index contributed by atoms with van der Waals surface area (Å²) in [5, 5.41) is 3.16. The number of fused-ring (bicyclic) bond motifs is 2. The van der Waals surface area contributed by atoms with Crippen molar-refractivity contribution in [3.05, 3.63) is 23.3 Å². The number of carbonyl (C=O) groups excluding carboxylic acids is 2. The summed E-state index contributed by atoms with van der Waals surface area (Å²) in [5.74, 6) is 1.44. The first-order chi connectivity index (χ1) is 15.9. The summed E-state index contributed by atoms with van der Waals surface area (Å²) in [7, 11) is 3.32. The number of amides is 2. The molecule has 8 heteroatoms. The molecule has 1 aromatic rings. The van der Waals surface area contributed by atoms with E-state index in [2.05, 4.69) is 16.3 Å². The van der Waals surface area contributed by atoms with Crippen LogP contribution in [0.1, 0.15) is 64.5 Å². The van der Waals surface area contributed by atoms with Crippen molar-refractivity contribution < 1.29 is 25.2 Å². The number of nitrogens with zero attached hydrogens (tertiary/aromatic N) is 2. The molecule has 2 saturated heterocycles. The third kappa shape index (κ3) is 4.63. The van der Waals surface area contributed by atoms with Crippen molar-refractivity contribution in [2.75, 3.05) is 47.0 Å². The van der Waals surface area contributed by atoms with E-state index in [1.165, 1.54) is 5.56 Å². The molecule has 1 N–H and O–H groups in total. The standard InChI is InChI=1S/C25H37N3O5.H2/c1-5-33-24(30)28-10-6-18(7-11-28)27-12-8-25(9-13-27)16-21(26-17(2)29)19-14-22(31-3)23(32-4)15-20(19)25;/h14-15,18,21H,5-13,16H2,1-4H3,(H,26,29);1H/t21-;/m0./s1. The van der Waals surface area contributed by atoms with Crippen LogP contribution >= 0.6 is 0 Å². The van der Waals surface area contributed by atoms with Gasteiger partial charge in [-0.3, -0.25) is 4.79 Å². The normalized spacial score (nSPS) is 22.7. The molecule has 8 nitrogen and oxygen atoms in total. The zero-order valence-electron chi connectivity index (χ0n) is 20.3. The number of carbonyl (C=O) groups is 2. The molecule has 0 saturated carbocycles. The van der Waals surface area contributed by atoms with E-state index in [1.54, 1.807) is 21.1 Å². The lowest BCUT2D eigenvalue weighted by atomic mass is 9.73. The summed E-state index contributed by atoms with van der Waals surface area (Å²) in [4.78, 5) is 28.4. The smallest absolute Gasteiger partial charge is 0.409 e. The van der Waals surface area contributed by atoms with Crippen LogP contribution in [0.15, 0.2) is 12.1 Å². The summed E-state index contributed by atoms with van der Waals surface area (Å²) in [6.07, 6.45) is 4.79. The molecule has 2 aliphatic heterocycles. The van der Waals surface area contributed by atoms with Gasteiger partial charge in [-0.1, -0.05) is 0 Å². The summed E-state index contributed by atoms with van der Waals surface area (Å²) in [5.41, 5.74) is 2.47. The van der Waals surface area contributed by atoms with Crippen LogP contribution in [0.25, 0.3) is 0 Å². The SMILES string of the molecule is CCOC(=O)N1CCC(N2CCC3(CC2)C[C@H](NC(C)=O)c2cc(OC)c(OC)cc23)CC1.[HH]. The Morgan fingerprint density at radius 1 is 1.09 bits per heavy atom. The second-order valence-corrected chi connectivity index (χ2v) is 9.49. The molecule has 3 aliphatic rings. The highest BCUT2D eigenvalue weighted by molar-refractivity contribution is 5.74. The predicted octanol–water partition coefficient (Wildman–Crippen LogP) is 3.49. The molecular weight excluding hydrogens is 422 g/mol. The van der Waals surface area contributed by atoms with Gasteiger partial charge in [0, 0.05) is 32.9 Å². The average molecular weight is 462 g/mol. The van der Waals surface area contributed by atoms with E-state index in [4.69, 9.17) is 14.2 Å². The molecule has 4 rings (SSSR count). The summed E-state index contributed by atoms with van der Waals surface area (Å²) in [6, 6.07) is 4.67. The first kappa shape index (κ1) is 23.7. The van der Waals surface area contributed by atoms with Gasteiger partial charge in [-0.2, -0.15) is 0 Å². The minimum Gasteiger partial charge on any atom is -0.493 e. The number of hydrogen-bond acceptors (Lipinski definition) is 6. The van der Waals surface area contributed by atoms with E-state index in [0.29, 0.717) is 18.4 Å². The van der Waals surface area contributed by atoms with Gasteiger partial charge in [0.15, 0.2) is 11.5 Å². The fourth-order valence-electron chi connectivity index (χ4n) is 6.05. The van der Waals surface area contributed by atoms with Crippen molar-refractivity contribution >= 4 is 12.0 Å². The third-order valence-corrected chi connectivity index (χ3v) is 7.74. The molecular formula is C25H39N3O5. The first-order valence-corrected chi connectivity index (χ1v) is 12.1. The van der Waals surface area contributed by atoms with Crippen LogP contribution in [-0.2, 0) is 14.9 Å². The van der Waals surface area contributed by atoms with Gasteiger partial charge in [-0.05, 0) is 75.4 Å². The fourth-order valence-corrected chi connectivity index (χ4v) is 6.05. The van der Waals surface area contributed by atoms with Crippen molar-refractivity contribution in [3.63, 3.8) is 0 Å². The van der Waals surface area contributed by atoms with E-state index in [-0.39, 0.29) is 24.9 Å². The van der Waals surface area contributed by atoms with E-state index < -0.39 is 0 Å². The van der Waals surface area contributed by atoms with Gasteiger partial charge in [0.25, 0.3) is 0 Å². The van der Waals surface area contributed by atoms with Crippen LogP contribution < -0.4 is 14.8 Å². The Morgan fingerprint density at radius 3 is 2.30 bits per heavy atom. The maximum atomic E-state index is 12.0. The molecule has 0 bridgehead atoms. The lowest BCUT2D eigenvalue weighted by Crippen LogP contribution is -2.51. The van der Waals surface area contributed by atoms with Crippen LogP contribution in [0.3, 0.4) is 0 Å². The molecule has 0 unspecified atom stereocenters. The number of ether oxygens (including phenoxy) is 3.